The molecule has 0 amide bonds. The third-order valence-corrected chi connectivity index (χ3v) is 6.90. The number of likely N-dealkylation sites (N-methyl/N-ethyl adjacent to an activating group) is 1. The Morgan fingerprint density at radius 2 is 1.78 bits per heavy atom. The van der Waals surface area contributed by atoms with E-state index in [0.717, 1.165) is 24.1 Å². The third kappa shape index (κ3) is 4.79. The first-order chi connectivity index (χ1) is 13.0. The quantitative estimate of drug-likeness (QED) is 0.711. The Morgan fingerprint density at radius 3 is 2.52 bits per heavy atom. The van der Waals surface area contributed by atoms with Gasteiger partial charge in [-0.15, -0.1) is 0 Å². The SMILES string of the molecule is C/C=C\CS(=O)(=O)N1Cc2ccccc2N(C)C(CCc2ccccc2)C1. The number of hydrogen-bond donors (Lipinski definition) is 0. The van der Waals surface area contributed by atoms with E-state index in [1.165, 1.54) is 5.56 Å². The van der Waals surface area contributed by atoms with Gasteiger partial charge in [-0.2, -0.15) is 4.31 Å². The van der Waals surface area contributed by atoms with Gasteiger partial charge < -0.3 is 4.90 Å². The molecule has 0 spiro atoms. The molecule has 0 saturated heterocycles. The molecule has 4 nitrogen and oxygen atoms in total. The van der Waals surface area contributed by atoms with E-state index in [1.807, 2.05) is 31.2 Å². The fraction of sp³-hybridized carbons (Fsp3) is 0.364. The van der Waals surface area contributed by atoms with Crippen molar-refractivity contribution in [2.75, 3.05) is 24.2 Å². The van der Waals surface area contributed by atoms with Crippen LogP contribution in [0.1, 0.15) is 24.5 Å². The molecule has 144 valence electrons. The minimum atomic E-state index is -3.33. The van der Waals surface area contributed by atoms with Crippen LogP contribution in [-0.4, -0.2) is 38.1 Å². The number of nitrogens with zero attached hydrogens (tertiary/aromatic N) is 2. The van der Waals surface area contributed by atoms with Crippen LogP contribution >= 0.6 is 0 Å². The zero-order valence-corrected chi connectivity index (χ0v) is 16.9. The lowest BCUT2D eigenvalue weighted by Crippen LogP contribution is -2.42. The van der Waals surface area contributed by atoms with E-state index in [0.29, 0.717) is 13.1 Å². The van der Waals surface area contributed by atoms with Gasteiger partial charge in [0, 0.05) is 31.9 Å². The highest BCUT2D eigenvalue weighted by atomic mass is 32.2. The van der Waals surface area contributed by atoms with Gasteiger partial charge in [-0.25, -0.2) is 8.42 Å². The lowest BCUT2D eigenvalue weighted by Gasteiger charge is -2.30. The molecule has 0 saturated carbocycles. The van der Waals surface area contributed by atoms with Crippen LogP contribution in [0.4, 0.5) is 5.69 Å². The molecule has 0 radical (unpaired) electrons. The van der Waals surface area contributed by atoms with Gasteiger partial charge in [-0.05, 0) is 37.0 Å². The van der Waals surface area contributed by atoms with E-state index < -0.39 is 10.0 Å². The Labute approximate surface area is 163 Å². The van der Waals surface area contributed by atoms with Crippen LogP contribution in [0.5, 0.6) is 0 Å². The van der Waals surface area contributed by atoms with E-state index >= 15 is 0 Å². The highest BCUT2D eigenvalue weighted by molar-refractivity contribution is 7.89. The van der Waals surface area contributed by atoms with Crippen molar-refractivity contribution in [3.8, 4) is 0 Å². The van der Waals surface area contributed by atoms with Gasteiger partial charge in [0.2, 0.25) is 10.0 Å². The standard InChI is InChI=1S/C22H28N2O2S/c1-3-4-16-27(25,26)24-17-20-12-8-9-13-22(20)23(2)21(18-24)15-14-19-10-6-5-7-11-19/h3-13,21H,14-18H2,1-2H3/b4-3-. The average molecular weight is 385 g/mol. The maximum absolute atomic E-state index is 12.9. The molecule has 1 aliphatic rings. The van der Waals surface area contributed by atoms with Crippen LogP contribution < -0.4 is 4.90 Å². The largest absolute Gasteiger partial charge is 0.370 e. The smallest absolute Gasteiger partial charge is 0.218 e. The summed E-state index contributed by atoms with van der Waals surface area (Å²) in [6.07, 6.45) is 5.35. The van der Waals surface area contributed by atoms with E-state index in [9.17, 15) is 8.42 Å². The maximum atomic E-state index is 12.9. The zero-order valence-electron chi connectivity index (χ0n) is 16.1. The summed E-state index contributed by atoms with van der Waals surface area (Å²) in [6.45, 7) is 2.80. The third-order valence-electron chi connectivity index (χ3n) is 5.23. The van der Waals surface area contributed by atoms with E-state index in [4.69, 9.17) is 0 Å². The van der Waals surface area contributed by atoms with Gasteiger partial charge in [0.25, 0.3) is 0 Å². The highest BCUT2D eigenvalue weighted by Crippen LogP contribution is 2.29. The fourth-order valence-corrected chi connectivity index (χ4v) is 4.98. The monoisotopic (exact) mass is 384 g/mol. The Hall–Kier alpha value is -2.11. The Bertz CT molecular complexity index is 878. The Morgan fingerprint density at radius 1 is 1.07 bits per heavy atom. The van der Waals surface area contributed by atoms with Gasteiger partial charge in [0.15, 0.2) is 0 Å². The molecule has 2 aromatic carbocycles. The molecule has 1 heterocycles. The molecular formula is C22H28N2O2S. The lowest BCUT2D eigenvalue weighted by atomic mass is 10.0. The summed E-state index contributed by atoms with van der Waals surface area (Å²) in [5.74, 6) is 0.0563. The van der Waals surface area contributed by atoms with Gasteiger partial charge >= 0.3 is 0 Å². The van der Waals surface area contributed by atoms with Crippen molar-refractivity contribution in [1.29, 1.82) is 0 Å². The molecule has 0 bridgehead atoms. The number of para-hydroxylation sites is 1. The summed E-state index contributed by atoms with van der Waals surface area (Å²) in [6, 6.07) is 18.6. The summed E-state index contributed by atoms with van der Waals surface area (Å²) < 4.78 is 27.4. The molecule has 0 N–H and O–H groups in total. The molecule has 1 unspecified atom stereocenters. The predicted molar refractivity (Wildman–Crippen MR) is 112 cm³/mol. The molecular weight excluding hydrogens is 356 g/mol. The minimum absolute atomic E-state index is 0.0563. The first-order valence-corrected chi connectivity index (χ1v) is 11.1. The molecule has 5 heteroatoms. The van der Waals surface area contributed by atoms with Crippen molar-refractivity contribution in [2.24, 2.45) is 0 Å². The second-order valence-corrected chi connectivity index (χ2v) is 9.07. The summed E-state index contributed by atoms with van der Waals surface area (Å²) in [4.78, 5) is 2.25. The minimum Gasteiger partial charge on any atom is -0.370 e. The fourth-order valence-electron chi connectivity index (χ4n) is 3.60. The molecule has 1 aliphatic heterocycles. The van der Waals surface area contributed by atoms with Crippen molar-refractivity contribution in [2.45, 2.75) is 32.4 Å². The molecule has 0 aliphatic carbocycles. The number of rotatable bonds is 6. The average Bonchev–Trinajstić information content (AvgIpc) is 2.83. The normalized spacial score (nSPS) is 18.4. The maximum Gasteiger partial charge on any atom is 0.218 e. The molecule has 1 atom stereocenters. The second kappa shape index (κ2) is 8.72. The van der Waals surface area contributed by atoms with Crippen molar-refractivity contribution in [3.63, 3.8) is 0 Å². The highest BCUT2D eigenvalue weighted by Gasteiger charge is 2.31. The number of anilines is 1. The van der Waals surface area contributed by atoms with Gasteiger partial charge in [0.1, 0.15) is 0 Å². The summed E-state index contributed by atoms with van der Waals surface area (Å²) in [5.41, 5.74) is 3.47. The van der Waals surface area contributed by atoms with Crippen molar-refractivity contribution >= 4 is 15.7 Å². The van der Waals surface area contributed by atoms with E-state index in [-0.39, 0.29) is 11.8 Å². The number of fused-ring (bicyclic) bond motifs is 1. The summed E-state index contributed by atoms with van der Waals surface area (Å²) in [5, 5.41) is 0. The molecule has 3 rings (SSSR count). The van der Waals surface area contributed by atoms with Gasteiger partial charge in [-0.3, -0.25) is 0 Å². The molecule has 0 fully saturated rings. The van der Waals surface area contributed by atoms with Gasteiger partial charge in [0.05, 0.1) is 5.75 Å². The number of allylic oxidation sites excluding steroid dienone is 1. The van der Waals surface area contributed by atoms with E-state index in [1.54, 1.807) is 16.5 Å². The van der Waals surface area contributed by atoms with Crippen molar-refractivity contribution in [3.05, 3.63) is 77.9 Å². The molecule has 0 aromatic heterocycles. The van der Waals surface area contributed by atoms with Crippen LogP contribution in [-0.2, 0) is 23.0 Å². The first kappa shape index (κ1) is 19.6. The Kier molecular flexibility index (Phi) is 6.34. The van der Waals surface area contributed by atoms with E-state index in [2.05, 4.69) is 42.3 Å². The van der Waals surface area contributed by atoms with Gasteiger partial charge in [-0.1, -0.05) is 60.7 Å². The Balaban J connectivity index is 1.87. The lowest BCUT2D eigenvalue weighted by molar-refractivity contribution is 0.377. The molecule has 27 heavy (non-hydrogen) atoms. The number of benzene rings is 2. The van der Waals surface area contributed by atoms with Crippen LogP contribution in [0.3, 0.4) is 0 Å². The summed E-state index contributed by atoms with van der Waals surface area (Å²) >= 11 is 0. The van der Waals surface area contributed by atoms with Crippen molar-refractivity contribution in [1.82, 2.24) is 4.31 Å². The van der Waals surface area contributed by atoms with Crippen LogP contribution in [0.25, 0.3) is 0 Å². The van der Waals surface area contributed by atoms with Crippen molar-refractivity contribution < 1.29 is 8.42 Å². The first-order valence-electron chi connectivity index (χ1n) is 9.45. The zero-order chi connectivity index (χ0) is 19.3. The molecule has 2 aromatic rings. The van der Waals surface area contributed by atoms with Crippen LogP contribution in [0.2, 0.25) is 0 Å². The second-order valence-electron chi connectivity index (χ2n) is 7.06. The number of hydrogen-bond acceptors (Lipinski definition) is 3. The predicted octanol–water partition coefficient (Wildman–Crippen LogP) is 3.85. The topological polar surface area (TPSA) is 40.6 Å². The van der Waals surface area contributed by atoms with Crippen LogP contribution in [0.15, 0.2) is 66.7 Å². The van der Waals surface area contributed by atoms with Crippen LogP contribution in [0, 0.1) is 0 Å². The summed E-state index contributed by atoms with van der Waals surface area (Å²) in [7, 11) is -1.25. The number of aryl methyl sites for hydroxylation is 1. The number of sulfonamides is 1.